The average molecular weight is 581 g/mol. The molecule has 222 valence electrons. The first-order chi connectivity index (χ1) is 20.8. The van der Waals surface area contributed by atoms with Gasteiger partial charge < -0.3 is 19.9 Å². The number of benzene rings is 2. The molecule has 0 radical (unpaired) electrons. The number of anilines is 2. The molecule has 1 aromatic heterocycles. The molecular weight excluding hydrogens is 544 g/mol. The van der Waals surface area contributed by atoms with Crippen molar-refractivity contribution in [2.45, 2.75) is 75.7 Å². The van der Waals surface area contributed by atoms with Crippen molar-refractivity contribution in [3.8, 4) is 0 Å². The highest BCUT2D eigenvalue weighted by molar-refractivity contribution is 6.11. The highest BCUT2D eigenvalue weighted by Gasteiger charge is 2.76. The van der Waals surface area contributed by atoms with E-state index in [-0.39, 0.29) is 17.6 Å². The Morgan fingerprint density at radius 2 is 1.74 bits per heavy atom. The fourth-order valence-electron chi connectivity index (χ4n) is 7.67. The van der Waals surface area contributed by atoms with E-state index < -0.39 is 35.0 Å². The van der Waals surface area contributed by atoms with Gasteiger partial charge in [-0.2, -0.15) is 0 Å². The first kappa shape index (κ1) is 27.6. The average Bonchev–Trinajstić information content (AvgIpc) is 3.73. The van der Waals surface area contributed by atoms with E-state index in [1.54, 1.807) is 24.8 Å². The number of amides is 3. The van der Waals surface area contributed by atoms with Crippen LogP contribution in [0.3, 0.4) is 0 Å². The quantitative estimate of drug-likeness (QED) is 0.379. The number of fused-ring (bicyclic) bond motifs is 1. The number of hydrogen-bond acceptors (Lipinski definition) is 6. The lowest BCUT2D eigenvalue weighted by Gasteiger charge is -2.33. The standard InChI is InChI=1S/C34H36N4O5/c1-21-19-26(37-42-21)36-30(39)27-28-32(41)38(25-15-13-24(14-16-25)23-11-7-4-8-12-23)29(34(28)18-17-33(27,2)43-34)31(40)35-20-22-9-5-3-6-10-22/h3,5-6,9-10,13-19,23,27-29H,4,7-8,11-12,20H2,1-2H3,(H,35,40)(H,36,37,39)/t27-,28-,29+,33+,34+/m0/s1. The number of aromatic nitrogens is 1. The maximum atomic E-state index is 14.5. The number of rotatable bonds is 7. The molecule has 1 saturated carbocycles. The Hall–Kier alpha value is -4.24. The van der Waals surface area contributed by atoms with Crippen molar-refractivity contribution in [2.24, 2.45) is 11.8 Å². The minimum absolute atomic E-state index is 0.268. The van der Waals surface area contributed by atoms with Crippen LogP contribution in [-0.2, 0) is 25.7 Å². The molecule has 4 heterocycles. The molecule has 9 nitrogen and oxygen atoms in total. The van der Waals surface area contributed by atoms with Gasteiger partial charge in [0.2, 0.25) is 17.7 Å². The first-order valence-corrected chi connectivity index (χ1v) is 15.2. The lowest BCUT2D eigenvalue weighted by molar-refractivity contribution is -0.131. The molecule has 1 spiro atoms. The zero-order valence-corrected chi connectivity index (χ0v) is 24.4. The summed E-state index contributed by atoms with van der Waals surface area (Å²) in [6.45, 7) is 3.83. The summed E-state index contributed by atoms with van der Waals surface area (Å²) < 4.78 is 11.8. The molecule has 7 rings (SSSR count). The maximum absolute atomic E-state index is 14.5. The lowest BCUT2D eigenvalue weighted by Crippen LogP contribution is -2.54. The third-order valence-electron chi connectivity index (χ3n) is 9.66. The van der Waals surface area contributed by atoms with Crippen LogP contribution in [-0.4, -0.2) is 40.1 Å². The third kappa shape index (κ3) is 4.57. The van der Waals surface area contributed by atoms with Gasteiger partial charge in [0.05, 0.1) is 17.4 Å². The molecule has 4 aliphatic rings. The largest absolute Gasteiger partial charge is 0.360 e. The number of carbonyl (C=O) groups excluding carboxylic acids is 3. The number of hydrogen-bond donors (Lipinski definition) is 2. The molecule has 2 aromatic carbocycles. The summed E-state index contributed by atoms with van der Waals surface area (Å²) in [6.07, 6.45) is 9.70. The van der Waals surface area contributed by atoms with Crippen molar-refractivity contribution < 1.29 is 23.6 Å². The molecule has 3 amide bonds. The van der Waals surface area contributed by atoms with Gasteiger partial charge in [0.1, 0.15) is 17.4 Å². The molecule has 2 saturated heterocycles. The van der Waals surface area contributed by atoms with E-state index in [0.29, 0.717) is 23.9 Å². The lowest BCUT2D eigenvalue weighted by atomic mass is 9.70. The van der Waals surface area contributed by atoms with Gasteiger partial charge in [-0.1, -0.05) is 79.0 Å². The minimum atomic E-state index is -1.31. The first-order valence-electron chi connectivity index (χ1n) is 15.2. The summed E-state index contributed by atoms with van der Waals surface area (Å²) in [6, 6.07) is 18.3. The predicted molar refractivity (Wildman–Crippen MR) is 160 cm³/mol. The molecular formula is C34H36N4O5. The highest BCUT2D eigenvalue weighted by Crippen LogP contribution is 2.60. The van der Waals surface area contributed by atoms with Crippen molar-refractivity contribution in [3.05, 3.63) is 89.7 Å². The topological polar surface area (TPSA) is 114 Å². The second-order valence-electron chi connectivity index (χ2n) is 12.5. The van der Waals surface area contributed by atoms with Crippen LogP contribution in [0.25, 0.3) is 0 Å². The Balaban J connectivity index is 1.24. The summed E-state index contributed by atoms with van der Waals surface area (Å²) in [4.78, 5) is 43.9. The van der Waals surface area contributed by atoms with Gasteiger partial charge in [0, 0.05) is 18.3 Å². The number of nitrogens with one attached hydrogen (secondary N) is 2. The van der Waals surface area contributed by atoms with Crippen LogP contribution in [0.1, 0.15) is 61.8 Å². The van der Waals surface area contributed by atoms with E-state index in [4.69, 9.17) is 9.26 Å². The normalized spacial score (nSPS) is 29.6. The fourth-order valence-corrected chi connectivity index (χ4v) is 7.67. The van der Waals surface area contributed by atoms with Crippen molar-refractivity contribution in [3.63, 3.8) is 0 Å². The van der Waals surface area contributed by atoms with Crippen LogP contribution in [0.4, 0.5) is 11.5 Å². The van der Waals surface area contributed by atoms with Crippen LogP contribution in [0.15, 0.2) is 77.3 Å². The minimum Gasteiger partial charge on any atom is -0.360 e. The third-order valence-corrected chi connectivity index (χ3v) is 9.66. The van der Waals surface area contributed by atoms with Gasteiger partial charge in [-0.05, 0) is 55.9 Å². The highest BCUT2D eigenvalue weighted by atomic mass is 16.5. The molecule has 2 bridgehead atoms. The summed E-state index contributed by atoms with van der Waals surface area (Å²) in [5, 5.41) is 9.74. The summed E-state index contributed by atoms with van der Waals surface area (Å²) in [7, 11) is 0. The van der Waals surface area contributed by atoms with E-state index in [2.05, 4.69) is 27.9 Å². The fraction of sp³-hybridized carbons (Fsp3) is 0.412. The molecule has 1 aliphatic carbocycles. The molecule has 0 unspecified atom stereocenters. The number of carbonyl (C=O) groups is 3. The Labute approximate surface area is 250 Å². The van der Waals surface area contributed by atoms with Gasteiger partial charge in [0.15, 0.2) is 5.82 Å². The van der Waals surface area contributed by atoms with Crippen molar-refractivity contribution in [1.82, 2.24) is 10.5 Å². The van der Waals surface area contributed by atoms with Gasteiger partial charge in [0.25, 0.3) is 0 Å². The van der Waals surface area contributed by atoms with Gasteiger partial charge in [-0.25, -0.2) is 0 Å². The smallest absolute Gasteiger partial charge is 0.246 e. The van der Waals surface area contributed by atoms with E-state index in [1.807, 2.05) is 54.6 Å². The van der Waals surface area contributed by atoms with Crippen LogP contribution in [0.5, 0.6) is 0 Å². The molecule has 3 fully saturated rings. The zero-order valence-electron chi connectivity index (χ0n) is 24.4. The van der Waals surface area contributed by atoms with Crippen molar-refractivity contribution >= 4 is 29.2 Å². The van der Waals surface area contributed by atoms with Crippen molar-refractivity contribution in [1.29, 1.82) is 0 Å². The zero-order chi connectivity index (χ0) is 29.8. The second kappa shape index (κ2) is 10.5. The van der Waals surface area contributed by atoms with Crippen LogP contribution < -0.4 is 15.5 Å². The molecule has 3 aliphatic heterocycles. The Morgan fingerprint density at radius 1 is 1.00 bits per heavy atom. The predicted octanol–water partition coefficient (Wildman–Crippen LogP) is 5.03. The van der Waals surface area contributed by atoms with Gasteiger partial charge in [-0.3, -0.25) is 19.3 Å². The molecule has 5 atom stereocenters. The summed E-state index contributed by atoms with van der Waals surface area (Å²) >= 11 is 0. The van der Waals surface area contributed by atoms with E-state index in [9.17, 15) is 14.4 Å². The summed E-state index contributed by atoms with van der Waals surface area (Å²) in [5.41, 5.74) is 0.430. The van der Waals surface area contributed by atoms with E-state index in [0.717, 1.165) is 18.4 Å². The molecule has 3 aromatic rings. The second-order valence-corrected chi connectivity index (χ2v) is 12.5. The van der Waals surface area contributed by atoms with Crippen LogP contribution >= 0.6 is 0 Å². The number of ether oxygens (including phenoxy) is 1. The molecule has 2 N–H and O–H groups in total. The van der Waals surface area contributed by atoms with Crippen LogP contribution in [0, 0.1) is 18.8 Å². The Kier molecular flexibility index (Phi) is 6.73. The van der Waals surface area contributed by atoms with Gasteiger partial charge >= 0.3 is 0 Å². The molecule has 43 heavy (non-hydrogen) atoms. The number of nitrogens with zero attached hydrogens (tertiary/aromatic N) is 2. The molecule has 9 heteroatoms. The Morgan fingerprint density at radius 3 is 2.44 bits per heavy atom. The van der Waals surface area contributed by atoms with Crippen LogP contribution in [0.2, 0.25) is 0 Å². The van der Waals surface area contributed by atoms with Crippen molar-refractivity contribution in [2.75, 3.05) is 10.2 Å². The van der Waals surface area contributed by atoms with Gasteiger partial charge in [-0.15, -0.1) is 0 Å². The number of aryl methyl sites for hydroxylation is 1. The summed E-state index contributed by atoms with van der Waals surface area (Å²) in [5.74, 6) is -1.50. The maximum Gasteiger partial charge on any atom is 0.246 e. The van der Waals surface area contributed by atoms with E-state index in [1.165, 1.54) is 24.8 Å². The Bertz CT molecular complexity index is 1580. The SMILES string of the molecule is Cc1cc(NC(=O)[C@@H]2[C@H]3C(=O)N(c4ccc(C5CCCCC5)cc4)[C@H](C(=O)NCc4ccccc4)[C@@]34C=C[C@@]2(C)O4)no1. The van der Waals surface area contributed by atoms with E-state index >= 15 is 0 Å². The monoisotopic (exact) mass is 580 g/mol.